The van der Waals surface area contributed by atoms with Crippen LogP contribution in [0.15, 0.2) is 84.9 Å². The van der Waals surface area contributed by atoms with Gasteiger partial charge in [-0.2, -0.15) is 0 Å². The first kappa shape index (κ1) is 17.5. The largest absolute Gasteiger partial charge is 0.478 e. The Labute approximate surface area is 161 Å². The lowest BCUT2D eigenvalue weighted by Gasteiger charge is -2.17. The van der Waals surface area contributed by atoms with Crippen molar-refractivity contribution in [2.45, 2.75) is 0 Å². The van der Waals surface area contributed by atoms with Gasteiger partial charge >= 0.3 is 11.9 Å². The number of rotatable bonds is 4. The Kier molecular flexibility index (Phi) is 4.38. The molecule has 0 heterocycles. The summed E-state index contributed by atoms with van der Waals surface area (Å²) < 4.78 is 0. The Bertz CT molecular complexity index is 1200. The smallest absolute Gasteiger partial charge is 0.336 e. The topological polar surface area (TPSA) is 74.6 Å². The van der Waals surface area contributed by atoms with E-state index in [2.05, 4.69) is 0 Å². The molecule has 0 saturated carbocycles. The Hall–Kier alpha value is -3.92. The van der Waals surface area contributed by atoms with E-state index in [0.717, 1.165) is 16.7 Å². The van der Waals surface area contributed by atoms with Crippen LogP contribution in [0.4, 0.5) is 0 Å². The average molecular weight is 368 g/mol. The summed E-state index contributed by atoms with van der Waals surface area (Å²) in [5.41, 5.74) is 3.32. The number of hydrogen-bond acceptors (Lipinski definition) is 2. The zero-order valence-electron chi connectivity index (χ0n) is 14.8. The lowest BCUT2D eigenvalue weighted by Crippen LogP contribution is -2.04. The van der Waals surface area contributed by atoms with Gasteiger partial charge in [-0.3, -0.25) is 0 Å². The predicted molar refractivity (Wildman–Crippen MR) is 109 cm³/mol. The molecule has 4 aromatic rings. The van der Waals surface area contributed by atoms with E-state index in [9.17, 15) is 19.8 Å². The highest BCUT2D eigenvalue weighted by molar-refractivity contribution is 6.14. The van der Waals surface area contributed by atoms with E-state index in [1.54, 1.807) is 6.07 Å². The summed E-state index contributed by atoms with van der Waals surface area (Å²) in [5.74, 6) is -2.10. The molecule has 0 aliphatic heterocycles. The molecular weight excluding hydrogens is 352 g/mol. The Morgan fingerprint density at radius 3 is 1.82 bits per heavy atom. The van der Waals surface area contributed by atoms with Crippen LogP contribution in [0.3, 0.4) is 0 Å². The SMILES string of the molecule is O=C(O)c1ccc2c(C(=O)O)c(-c3ccccc3)c(-c3ccccc3)cc2c1. The maximum absolute atomic E-state index is 12.3. The first-order valence-electron chi connectivity index (χ1n) is 8.74. The molecule has 4 heteroatoms. The number of aromatic carboxylic acids is 2. The zero-order valence-corrected chi connectivity index (χ0v) is 14.8. The molecule has 0 amide bonds. The van der Waals surface area contributed by atoms with Gasteiger partial charge in [0.2, 0.25) is 0 Å². The van der Waals surface area contributed by atoms with Crippen molar-refractivity contribution in [3.8, 4) is 22.3 Å². The van der Waals surface area contributed by atoms with E-state index in [1.807, 2.05) is 66.7 Å². The minimum atomic E-state index is -1.05. The third-order valence-corrected chi connectivity index (χ3v) is 4.75. The van der Waals surface area contributed by atoms with E-state index >= 15 is 0 Å². The van der Waals surface area contributed by atoms with Gasteiger partial charge in [-0.1, -0.05) is 66.7 Å². The number of carboxylic acid groups (broad SMARTS) is 2. The minimum absolute atomic E-state index is 0.121. The van der Waals surface area contributed by atoms with Crippen molar-refractivity contribution < 1.29 is 19.8 Å². The summed E-state index contributed by atoms with van der Waals surface area (Å²) in [6.07, 6.45) is 0. The molecule has 0 spiro atoms. The predicted octanol–water partition coefficient (Wildman–Crippen LogP) is 5.57. The van der Waals surface area contributed by atoms with Crippen molar-refractivity contribution in [2.75, 3.05) is 0 Å². The summed E-state index contributed by atoms with van der Waals surface area (Å²) >= 11 is 0. The molecule has 0 aliphatic rings. The second-order valence-electron chi connectivity index (χ2n) is 6.45. The van der Waals surface area contributed by atoms with Gasteiger partial charge in [-0.25, -0.2) is 9.59 Å². The van der Waals surface area contributed by atoms with Gasteiger partial charge in [0, 0.05) is 5.56 Å². The van der Waals surface area contributed by atoms with Gasteiger partial charge in [0.15, 0.2) is 0 Å². The van der Waals surface area contributed by atoms with E-state index in [4.69, 9.17) is 0 Å². The molecule has 136 valence electrons. The Morgan fingerprint density at radius 1 is 0.643 bits per heavy atom. The van der Waals surface area contributed by atoms with Crippen molar-refractivity contribution in [3.05, 3.63) is 96.1 Å². The first-order valence-corrected chi connectivity index (χ1v) is 8.74. The molecule has 2 N–H and O–H groups in total. The highest BCUT2D eigenvalue weighted by Crippen LogP contribution is 2.39. The molecule has 0 unspecified atom stereocenters. The summed E-state index contributed by atoms with van der Waals surface area (Å²) in [4.78, 5) is 23.7. The minimum Gasteiger partial charge on any atom is -0.478 e. The molecule has 4 rings (SSSR count). The quantitative estimate of drug-likeness (QED) is 0.494. The maximum atomic E-state index is 12.3. The van der Waals surface area contributed by atoms with Crippen LogP contribution in [0, 0.1) is 0 Å². The van der Waals surface area contributed by atoms with Crippen LogP contribution < -0.4 is 0 Å². The number of benzene rings is 4. The summed E-state index contributed by atoms with van der Waals surface area (Å²) in [7, 11) is 0. The van der Waals surface area contributed by atoms with Gasteiger partial charge < -0.3 is 10.2 Å². The number of carboxylic acids is 2. The summed E-state index contributed by atoms with van der Waals surface area (Å²) in [6, 6.07) is 25.3. The molecule has 4 aromatic carbocycles. The van der Waals surface area contributed by atoms with Crippen molar-refractivity contribution >= 4 is 22.7 Å². The van der Waals surface area contributed by atoms with Crippen molar-refractivity contribution in [1.82, 2.24) is 0 Å². The molecule has 0 saturated heterocycles. The van der Waals surface area contributed by atoms with E-state index < -0.39 is 11.9 Å². The Morgan fingerprint density at radius 2 is 1.25 bits per heavy atom. The van der Waals surface area contributed by atoms with Crippen molar-refractivity contribution in [1.29, 1.82) is 0 Å². The van der Waals surface area contributed by atoms with Crippen LogP contribution in [-0.2, 0) is 0 Å². The average Bonchev–Trinajstić information content (AvgIpc) is 2.73. The molecule has 0 radical (unpaired) electrons. The molecule has 0 bridgehead atoms. The Balaban J connectivity index is 2.17. The highest BCUT2D eigenvalue weighted by atomic mass is 16.4. The van der Waals surface area contributed by atoms with E-state index in [-0.39, 0.29) is 11.1 Å². The molecular formula is C24H16O4. The number of fused-ring (bicyclic) bond motifs is 1. The van der Waals surface area contributed by atoms with Crippen LogP contribution in [0.2, 0.25) is 0 Å². The molecule has 0 aromatic heterocycles. The van der Waals surface area contributed by atoms with Crippen molar-refractivity contribution in [3.63, 3.8) is 0 Å². The third kappa shape index (κ3) is 3.01. The fourth-order valence-electron chi connectivity index (χ4n) is 3.51. The summed E-state index contributed by atoms with van der Waals surface area (Å²) in [5, 5.41) is 20.5. The van der Waals surface area contributed by atoms with Crippen LogP contribution in [0.5, 0.6) is 0 Å². The molecule has 4 nitrogen and oxygen atoms in total. The molecule has 0 atom stereocenters. The maximum Gasteiger partial charge on any atom is 0.336 e. The number of hydrogen-bond donors (Lipinski definition) is 2. The van der Waals surface area contributed by atoms with Gasteiger partial charge in [-0.15, -0.1) is 0 Å². The van der Waals surface area contributed by atoms with Crippen molar-refractivity contribution in [2.24, 2.45) is 0 Å². The molecule has 28 heavy (non-hydrogen) atoms. The van der Waals surface area contributed by atoms with Crippen LogP contribution in [-0.4, -0.2) is 22.2 Å². The summed E-state index contributed by atoms with van der Waals surface area (Å²) in [6.45, 7) is 0. The van der Waals surface area contributed by atoms with Crippen LogP contribution in [0.1, 0.15) is 20.7 Å². The van der Waals surface area contributed by atoms with Gasteiger partial charge in [-0.05, 0) is 45.7 Å². The second-order valence-corrected chi connectivity index (χ2v) is 6.45. The van der Waals surface area contributed by atoms with Gasteiger partial charge in [0.25, 0.3) is 0 Å². The van der Waals surface area contributed by atoms with E-state index in [1.165, 1.54) is 12.1 Å². The third-order valence-electron chi connectivity index (χ3n) is 4.75. The fourth-order valence-corrected chi connectivity index (χ4v) is 3.51. The monoisotopic (exact) mass is 368 g/mol. The molecule has 0 aliphatic carbocycles. The normalized spacial score (nSPS) is 10.7. The highest BCUT2D eigenvalue weighted by Gasteiger charge is 2.21. The van der Waals surface area contributed by atoms with Crippen LogP contribution >= 0.6 is 0 Å². The lowest BCUT2D eigenvalue weighted by molar-refractivity contribution is 0.0688. The standard InChI is InChI=1S/C24H16O4/c25-23(26)17-11-12-19-18(13-17)14-20(15-7-3-1-4-8-15)21(22(19)24(27)28)16-9-5-2-6-10-16/h1-14H,(H,25,26)(H,27,28). The zero-order chi connectivity index (χ0) is 19.7. The second kappa shape index (κ2) is 7.00. The van der Waals surface area contributed by atoms with Gasteiger partial charge in [0.05, 0.1) is 11.1 Å². The first-order chi connectivity index (χ1) is 13.6. The van der Waals surface area contributed by atoms with Gasteiger partial charge in [0.1, 0.15) is 0 Å². The molecule has 0 fully saturated rings. The van der Waals surface area contributed by atoms with E-state index in [0.29, 0.717) is 16.3 Å². The number of carbonyl (C=O) groups is 2. The van der Waals surface area contributed by atoms with Crippen LogP contribution in [0.25, 0.3) is 33.0 Å². The lowest BCUT2D eigenvalue weighted by atomic mass is 9.86. The fraction of sp³-hybridized carbons (Fsp3) is 0.